The van der Waals surface area contributed by atoms with Crippen LogP contribution in [-0.2, 0) is 9.53 Å². The number of ether oxygens (including phenoxy) is 2. The molecule has 0 saturated carbocycles. The van der Waals surface area contributed by atoms with Gasteiger partial charge in [0.15, 0.2) is 6.61 Å². The summed E-state index contributed by atoms with van der Waals surface area (Å²) in [5, 5.41) is 4.31. The van der Waals surface area contributed by atoms with E-state index in [2.05, 4.69) is 10.6 Å². The predicted molar refractivity (Wildman–Crippen MR) is 70.5 cm³/mol. The number of hydrogen-bond donors (Lipinski definition) is 2. The quantitative estimate of drug-likeness (QED) is 0.774. The molecule has 0 aliphatic carbocycles. The molecule has 7 nitrogen and oxygen atoms in total. The highest BCUT2D eigenvalue weighted by Gasteiger charge is 2.08. The zero-order valence-electron chi connectivity index (χ0n) is 11.3. The van der Waals surface area contributed by atoms with Crippen LogP contribution in [-0.4, -0.2) is 38.2 Å². The van der Waals surface area contributed by atoms with Gasteiger partial charge in [0.1, 0.15) is 5.75 Å². The zero-order chi connectivity index (χ0) is 15.0. The molecule has 0 heterocycles. The lowest BCUT2D eigenvalue weighted by molar-refractivity contribution is -0.122. The molecule has 3 amide bonds. The van der Waals surface area contributed by atoms with Crippen LogP contribution in [0.15, 0.2) is 24.3 Å². The second kappa shape index (κ2) is 7.78. The highest BCUT2D eigenvalue weighted by molar-refractivity contribution is 5.94. The molecule has 20 heavy (non-hydrogen) atoms. The molecule has 0 bridgehead atoms. The lowest BCUT2D eigenvalue weighted by atomic mass is 10.2. The van der Waals surface area contributed by atoms with E-state index in [0.717, 1.165) is 0 Å². The number of imide groups is 1. The van der Waals surface area contributed by atoms with Gasteiger partial charge in [-0.15, -0.1) is 0 Å². The van der Waals surface area contributed by atoms with E-state index in [1.165, 1.54) is 19.2 Å². The maximum atomic E-state index is 11.4. The van der Waals surface area contributed by atoms with E-state index in [-0.39, 0.29) is 6.61 Å². The summed E-state index contributed by atoms with van der Waals surface area (Å²) in [5.74, 6) is -0.583. The molecular formula is C13H16N2O5. The predicted octanol–water partition coefficient (Wildman–Crippen LogP) is 0.698. The molecule has 0 spiro atoms. The first-order valence-corrected chi connectivity index (χ1v) is 5.98. The van der Waals surface area contributed by atoms with Crippen molar-refractivity contribution in [3.63, 3.8) is 0 Å². The first-order chi connectivity index (χ1) is 9.56. The van der Waals surface area contributed by atoms with E-state index >= 15 is 0 Å². The molecule has 0 radical (unpaired) electrons. The molecule has 7 heteroatoms. The normalized spacial score (nSPS) is 9.50. The number of benzene rings is 1. The van der Waals surface area contributed by atoms with Gasteiger partial charge in [-0.05, 0) is 31.2 Å². The van der Waals surface area contributed by atoms with Crippen molar-refractivity contribution >= 4 is 17.9 Å². The maximum Gasteiger partial charge on any atom is 0.338 e. The molecule has 0 aromatic heterocycles. The van der Waals surface area contributed by atoms with Crippen LogP contribution < -0.4 is 15.4 Å². The molecule has 0 saturated heterocycles. The topological polar surface area (TPSA) is 93.7 Å². The van der Waals surface area contributed by atoms with Crippen molar-refractivity contribution in [2.45, 2.75) is 6.92 Å². The molecule has 1 rings (SSSR count). The number of rotatable bonds is 5. The Bertz CT molecular complexity index is 484. The van der Waals surface area contributed by atoms with Crippen LogP contribution in [0.1, 0.15) is 17.3 Å². The molecule has 0 unspecified atom stereocenters. The van der Waals surface area contributed by atoms with Gasteiger partial charge in [0.05, 0.1) is 12.2 Å². The molecular weight excluding hydrogens is 264 g/mol. The smallest absolute Gasteiger partial charge is 0.338 e. The Hall–Kier alpha value is -2.57. The Morgan fingerprint density at radius 3 is 2.35 bits per heavy atom. The van der Waals surface area contributed by atoms with E-state index in [9.17, 15) is 14.4 Å². The zero-order valence-corrected chi connectivity index (χ0v) is 11.3. The Kier molecular flexibility index (Phi) is 6.02. The van der Waals surface area contributed by atoms with Gasteiger partial charge in [0.25, 0.3) is 5.91 Å². The van der Waals surface area contributed by atoms with E-state index in [1.54, 1.807) is 19.1 Å². The Labute approximate surface area is 116 Å². The fourth-order valence-electron chi connectivity index (χ4n) is 1.28. The lowest BCUT2D eigenvalue weighted by Crippen LogP contribution is -2.39. The summed E-state index contributed by atoms with van der Waals surface area (Å²) in [7, 11) is 1.40. The van der Waals surface area contributed by atoms with Crippen LogP contribution >= 0.6 is 0 Å². The minimum atomic E-state index is -0.601. The van der Waals surface area contributed by atoms with Crippen LogP contribution in [0.2, 0.25) is 0 Å². The number of carbonyl (C=O) groups is 3. The van der Waals surface area contributed by atoms with Crippen LogP contribution in [0.25, 0.3) is 0 Å². The van der Waals surface area contributed by atoms with E-state index in [4.69, 9.17) is 9.47 Å². The average molecular weight is 280 g/mol. The molecule has 0 atom stereocenters. The average Bonchev–Trinajstić information content (AvgIpc) is 2.45. The summed E-state index contributed by atoms with van der Waals surface area (Å²) in [6.45, 7) is 1.73. The third-order valence-electron chi connectivity index (χ3n) is 2.22. The van der Waals surface area contributed by atoms with Crippen molar-refractivity contribution in [2.75, 3.05) is 20.3 Å². The van der Waals surface area contributed by atoms with E-state index < -0.39 is 17.9 Å². The highest BCUT2D eigenvalue weighted by atomic mass is 16.5. The summed E-state index contributed by atoms with van der Waals surface area (Å²) in [4.78, 5) is 33.5. The molecule has 0 aliphatic heterocycles. The second-order valence-corrected chi connectivity index (χ2v) is 3.66. The number of carbonyl (C=O) groups excluding carboxylic acids is 3. The molecule has 0 aliphatic rings. The molecule has 1 aromatic carbocycles. The molecule has 108 valence electrons. The summed E-state index contributed by atoms with van der Waals surface area (Å²) in [6, 6.07) is 5.54. The van der Waals surface area contributed by atoms with Gasteiger partial charge in [-0.3, -0.25) is 10.1 Å². The number of nitrogens with one attached hydrogen (secondary N) is 2. The SMILES string of the molecule is CCOC(=O)c1ccc(OCC(=O)NC(=O)NC)cc1. The van der Waals surface area contributed by atoms with Crippen LogP contribution in [0.4, 0.5) is 4.79 Å². The number of hydrogen-bond acceptors (Lipinski definition) is 5. The standard InChI is InChI=1S/C13H16N2O5/c1-3-19-12(17)9-4-6-10(7-5-9)20-8-11(16)15-13(18)14-2/h4-7H,3,8H2,1-2H3,(H2,14,15,16,18). The Morgan fingerprint density at radius 2 is 1.80 bits per heavy atom. The molecule has 0 fully saturated rings. The number of urea groups is 1. The minimum Gasteiger partial charge on any atom is -0.484 e. The van der Waals surface area contributed by atoms with Crippen molar-refractivity contribution in [3.8, 4) is 5.75 Å². The first kappa shape index (κ1) is 15.5. The second-order valence-electron chi connectivity index (χ2n) is 3.66. The molecule has 1 aromatic rings. The molecule has 2 N–H and O–H groups in total. The van der Waals surface area contributed by atoms with Crippen molar-refractivity contribution < 1.29 is 23.9 Å². The summed E-state index contributed by atoms with van der Waals surface area (Å²) in [5.41, 5.74) is 0.397. The van der Waals surface area contributed by atoms with Crippen LogP contribution in [0.3, 0.4) is 0 Å². The van der Waals surface area contributed by atoms with Crippen molar-refractivity contribution in [3.05, 3.63) is 29.8 Å². The van der Waals surface area contributed by atoms with Crippen LogP contribution in [0.5, 0.6) is 5.75 Å². The fraction of sp³-hybridized carbons (Fsp3) is 0.308. The third kappa shape index (κ3) is 4.97. The monoisotopic (exact) mass is 280 g/mol. The largest absolute Gasteiger partial charge is 0.484 e. The number of esters is 1. The summed E-state index contributed by atoms with van der Waals surface area (Å²) >= 11 is 0. The summed E-state index contributed by atoms with van der Waals surface area (Å²) in [6.07, 6.45) is 0. The van der Waals surface area contributed by atoms with Gasteiger partial charge in [0, 0.05) is 7.05 Å². The number of amides is 3. The lowest BCUT2D eigenvalue weighted by Gasteiger charge is -2.07. The van der Waals surface area contributed by atoms with Gasteiger partial charge < -0.3 is 14.8 Å². The van der Waals surface area contributed by atoms with E-state index in [0.29, 0.717) is 17.9 Å². The van der Waals surface area contributed by atoms with Gasteiger partial charge in [-0.2, -0.15) is 0 Å². The first-order valence-electron chi connectivity index (χ1n) is 5.98. The van der Waals surface area contributed by atoms with Crippen molar-refractivity contribution in [1.29, 1.82) is 0 Å². The van der Waals surface area contributed by atoms with Crippen LogP contribution in [0, 0.1) is 0 Å². The van der Waals surface area contributed by atoms with Gasteiger partial charge in [-0.25, -0.2) is 9.59 Å². The highest BCUT2D eigenvalue weighted by Crippen LogP contribution is 2.12. The van der Waals surface area contributed by atoms with Gasteiger partial charge in [-0.1, -0.05) is 0 Å². The Morgan fingerprint density at radius 1 is 1.15 bits per heavy atom. The third-order valence-corrected chi connectivity index (χ3v) is 2.22. The fourth-order valence-corrected chi connectivity index (χ4v) is 1.28. The van der Waals surface area contributed by atoms with Gasteiger partial charge >= 0.3 is 12.0 Å². The van der Waals surface area contributed by atoms with Crippen molar-refractivity contribution in [2.24, 2.45) is 0 Å². The summed E-state index contributed by atoms with van der Waals surface area (Å²) < 4.78 is 10.00. The Balaban J connectivity index is 2.47. The maximum absolute atomic E-state index is 11.4. The van der Waals surface area contributed by atoms with Crippen molar-refractivity contribution in [1.82, 2.24) is 10.6 Å². The van der Waals surface area contributed by atoms with Gasteiger partial charge in [0.2, 0.25) is 0 Å². The minimum absolute atomic E-state index is 0.299. The van der Waals surface area contributed by atoms with E-state index in [1.807, 2.05) is 0 Å².